The summed E-state index contributed by atoms with van der Waals surface area (Å²) in [6, 6.07) is 1.71. The molecule has 23 heavy (non-hydrogen) atoms. The van der Waals surface area contributed by atoms with Crippen molar-refractivity contribution < 1.29 is 9.59 Å². The fourth-order valence-electron chi connectivity index (χ4n) is 2.72. The average molecular weight is 333 g/mol. The van der Waals surface area contributed by atoms with E-state index < -0.39 is 5.91 Å². The largest absolute Gasteiger partial charge is 0.365 e. The number of amides is 2. The standard InChI is InChI=1S/C15H19N5O2S/c1-8-6-10(18-20(8)3)14(22)17-15-12(13(16)21)9-4-5-19(2)7-11(9)23-15/h6H,4-5,7H2,1-3H3,(H2,16,21)(H,17,22). The third kappa shape index (κ3) is 2.87. The van der Waals surface area contributed by atoms with E-state index in [1.54, 1.807) is 17.8 Å². The lowest BCUT2D eigenvalue weighted by Crippen LogP contribution is -2.27. The van der Waals surface area contributed by atoms with E-state index in [0.717, 1.165) is 35.6 Å². The van der Waals surface area contributed by atoms with Crippen LogP contribution in [-0.2, 0) is 20.0 Å². The quantitative estimate of drug-likeness (QED) is 0.880. The van der Waals surface area contributed by atoms with Crippen LogP contribution in [0.3, 0.4) is 0 Å². The van der Waals surface area contributed by atoms with Crippen LogP contribution in [0.1, 0.15) is 37.0 Å². The molecule has 0 unspecified atom stereocenters. The number of hydrogen-bond acceptors (Lipinski definition) is 5. The van der Waals surface area contributed by atoms with Crippen molar-refractivity contribution in [3.05, 3.63) is 33.5 Å². The summed E-state index contributed by atoms with van der Waals surface area (Å²) in [5, 5.41) is 7.48. The van der Waals surface area contributed by atoms with Crippen molar-refractivity contribution in [2.24, 2.45) is 12.8 Å². The number of carbonyl (C=O) groups excluding carboxylic acids is 2. The molecular formula is C15H19N5O2S. The van der Waals surface area contributed by atoms with Crippen LogP contribution in [0.25, 0.3) is 0 Å². The summed E-state index contributed by atoms with van der Waals surface area (Å²) >= 11 is 1.42. The molecule has 0 saturated carbocycles. The number of hydrogen-bond donors (Lipinski definition) is 2. The Morgan fingerprint density at radius 2 is 2.13 bits per heavy atom. The summed E-state index contributed by atoms with van der Waals surface area (Å²) in [4.78, 5) is 27.5. The molecule has 0 saturated heterocycles. The van der Waals surface area contributed by atoms with Crippen molar-refractivity contribution in [2.75, 3.05) is 18.9 Å². The van der Waals surface area contributed by atoms with Gasteiger partial charge in [-0.3, -0.25) is 14.3 Å². The number of nitrogens with zero attached hydrogens (tertiary/aromatic N) is 3. The second kappa shape index (κ2) is 5.78. The van der Waals surface area contributed by atoms with E-state index in [1.165, 1.54) is 11.3 Å². The molecule has 1 aliphatic rings. The first kappa shape index (κ1) is 15.7. The monoisotopic (exact) mass is 333 g/mol. The van der Waals surface area contributed by atoms with Gasteiger partial charge in [0.2, 0.25) is 0 Å². The van der Waals surface area contributed by atoms with Gasteiger partial charge < -0.3 is 16.0 Å². The third-order valence-electron chi connectivity index (χ3n) is 4.07. The predicted molar refractivity (Wildman–Crippen MR) is 88.8 cm³/mol. The zero-order chi connectivity index (χ0) is 16.7. The number of nitrogens with one attached hydrogen (secondary N) is 1. The lowest BCUT2D eigenvalue weighted by molar-refractivity contribution is 0.1000. The van der Waals surface area contributed by atoms with Crippen molar-refractivity contribution in [2.45, 2.75) is 19.9 Å². The highest BCUT2D eigenvalue weighted by atomic mass is 32.1. The molecular weight excluding hydrogens is 314 g/mol. The normalized spacial score (nSPS) is 14.6. The first-order valence-electron chi connectivity index (χ1n) is 7.31. The molecule has 0 fully saturated rings. The summed E-state index contributed by atoms with van der Waals surface area (Å²) < 4.78 is 1.64. The molecule has 122 valence electrons. The minimum atomic E-state index is -0.500. The summed E-state index contributed by atoms with van der Waals surface area (Å²) in [5.41, 5.74) is 8.16. The predicted octanol–water partition coefficient (Wildman–Crippen LogP) is 1.13. The van der Waals surface area contributed by atoms with Crippen LogP contribution in [0.4, 0.5) is 5.00 Å². The van der Waals surface area contributed by atoms with E-state index in [1.807, 2.05) is 14.0 Å². The van der Waals surface area contributed by atoms with Crippen LogP contribution >= 0.6 is 11.3 Å². The van der Waals surface area contributed by atoms with Gasteiger partial charge in [-0.2, -0.15) is 5.10 Å². The minimum absolute atomic E-state index is 0.323. The first-order chi connectivity index (χ1) is 10.9. The lowest BCUT2D eigenvalue weighted by Gasteiger charge is -2.22. The molecule has 2 aromatic rings. The second-order valence-corrected chi connectivity index (χ2v) is 6.91. The Balaban J connectivity index is 1.93. The Hall–Kier alpha value is -2.19. The third-order valence-corrected chi connectivity index (χ3v) is 5.20. The summed E-state index contributed by atoms with van der Waals surface area (Å²) in [5.74, 6) is -0.831. The Labute approximate surface area is 138 Å². The van der Waals surface area contributed by atoms with Crippen LogP contribution in [0.15, 0.2) is 6.07 Å². The van der Waals surface area contributed by atoms with Gasteiger partial charge in [0.15, 0.2) is 5.69 Å². The molecule has 3 N–H and O–H groups in total. The van der Waals surface area contributed by atoms with E-state index in [9.17, 15) is 9.59 Å². The average Bonchev–Trinajstić information content (AvgIpc) is 2.99. The van der Waals surface area contributed by atoms with Crippen molar-refractivity contribution in [1.82, 2.24) is 14.7 Å². The number of carbonyl (C=O) groups is 2. The van der Waals surface area contributed by atoms with Crippen LogP contribution in [0.5, 0.6) is 0 Å². The summed E-state index contributed by atoms with van der Waals surface area (Å²) in [6.45, 7) is 3.51. The van der Waals surface area contributed by atoms with Gasteiger partial charge in [0.1, 0.15) is 5.00 Å². The zero-order valence-electron chi connectivity index (χ0n) is 13.3. The topological polar surface area (TPSA) is 93.2 Å². The molecule has 2 amide bonds. The molecule has 1 aliphatic heterocycles. The van der Waals surface area contributed by atoms with Gasteiger partial charge in [-0.25, -0.2) is 0 Å². The number of nitrogens with two attached hydrogens (primary N) is 1. The number of primary amides is 1. The molecule has 3 heterocycles. The summed E-state index contributed by atoms with van der Waals surface area (Å²) in [6.07, 6.45) is 0.763. The van der Waals surface area contributed by atoms with Gasteiger partial charge in [0.25, 0.3) is 11.8 Å². The molecule has 8 heteroatoms. The number of anilines is 1. The molecule has 0 spiro atoms. The van der Waals surface area contributed by atoms with Crippen molar-refractivity contribution in [3.63, 3.8) is 0 Å². The number of likely N-dealkylation sites (N-methyl/N-ethyl adjacent to an activating group) is 1. The molecule has 0 aliphatic carbocycles. The Morgan fingerprint density at radius 1 is 1.39 bits per heavy atom. The Kier molecular flexibility index (Phi) is 3.95. The zero-order valence-corrected chi connectivity index (χ0v) is 14.2. The number of rotatable bonds is 3. The number of aryl methyl sites for hydroxylation is 2. The SMILES string of the molecule is Cc1cc(C(=O)Nc2sc3c(c2C(N)=O)CCN(C)C3)nn1C. The number of fused-ring (bicyclic) bond motifs is 1. The Morgan fingerprint density at radius 3 is 2.74 bits per heavy atom. The molecule has 2 aromatic heterocycles. The van der Waals surface area contributed by atoms with Crippen molar-refractivity contribution in [3.8, 4) is 0 Å². The molecule has 0 aromatic carbocycles. The number of aromatic nitrogens is 2. The van der Waals surface area contributed by atoms with E-state index in [0.29, 0.717) is 16.3 Å². The van der Waals surface area contributed by atoms with Gasteiger partial charge in [0.05, 0.1) is 5.56 Å². The van der Waals surface area contributed by atoms with Crippen LogP contribution in [-0.4, -0.2) is 40.1 Å². The fraction of sp³-hybridized carbons (Fsp3) is 0.400. The van der Waals surface area contributed by atoms with E-state index in [4.69, 9.17) is 5.73 Å². The smallest absolute Gasteiger partial charge is 0.276 e. The maximum Gasteiger partial charge on any atom is 0.276 e. The van der Waals surface area contributed by atoms with Gasteiger partial charge in [-0.05, 0) is 32.0 Å². The fourth-order valence-corrected chi connectivity index (χ4v) is 4.05. The highest BCUT2D eigenvalue weighted by Gasteiger charge is 2.27. The number of thiophene rings is 1. The van der Waals surface area contributed by atoms with Gasteiger partial charge in [0, 0.05) is 30.7 Å². The van der Waals surface area contributed by atoms with Crippen LogP contribution < -0.4 is 11.1 Å². The summed E-state index contributed by atoms with van der Waals surface area (Å²) in [7, 11) is 3.81. The van der Waals surface area contributed by atoms with Gasteiger partial charge in [-0.1, -0.05) is 0 Å². The molecule has 0 bridgehead atoms. The highest BCUT2D eigenvalue weighted by Crippen LogP contribution is 2.36. The van der Waals surface area contributed by atoms with E-state index in [-0.39, 0.29) is 5.91 Å². The molecule has 0 atom stereocenters. The molecule has 3 rings (SSSR count). The Bertz CT molecular complexity index is 773. The maximum absolute atomic E-state index is 12.4. The minimum Gasteiger partial charge on any atom is -0.365 e. The first-order valence-corrected chi connectivity index (χ1v) is 8.13. The van der Waals surface area contributed by atoms with Crippen molar-refractivity contribution in [1.29, 1.82) is 0 Å². The molecule has 7 nitrogen and oxygen atoms in total. The van der Waals surface area contributed by atoms with Crippen LogP contribution in [0.2, 0.25) is 0 Å². The van der Waals surface area contributed by atoms with Crippen LogP contribution in [0, 0.1) is 6.92 Å². The van der Waals surface area contributed by atoms with E-state index >= 15 is 0 Å². The van der Waals surface area contributed by atoms with Crippen molar-refractivity contribution >= 4 is 28.2 Å². The highest BCUT2D eigenvalue weighted by molar-refractivity contribution is 7.17. The molecule has 0 radical (unpaired) electrons. The van der Waals surface area contributed by atoms with E-state index in [2.05, 4.69) is 15.3 Å². The maximum atomic E-state index is 12.4. The van der Waals surface area contributed by atoms with Gasteiger partial charge >= 0.3 is 0 Å². The second-order valence-electron chi connectivity index (χ2n) is 5.81. The van der Waals surface area contributed by atoms with Gasteiger partial charge in [-0.15, -0.1) is 11.3 Å². The lowest BCUT2D eigenvalue weighted by atomic mass is 10.0.